The normalized spacial score (nSPS) is 13.7. The summed E-state index contributed by atoms with van der Waals surface area (Å²) in [7, 11) is 0. The van der Waals surface area contributed by atoms with Gasteiger partial charge in [-0.2, -0.15) is 19.9 Å². The van der Waals surface area contributed by atoms with Gasteiger partial charge < -0.3 is 0 Å². The molecule has 3 aromatic heterocycles. The minimum Gasteiger partial charge on any atom is -0.278 e. The number of benzene rings is 13. The Morgan fingerprint density at radius 1 is 0.287 bits per heavy atom. The van der Waals surface area contributed by atoms with Gasteiger partial charge in [0.15, 0.2) is 23.3 Å². The number of para-hydroxylation sites is 1. The highest BCUT2D eigenvalue weighted by Gasteiger charge is 2.40. The molecule has 8 heteroatoms. The molecule has 0 saturated heterocycles. The lowest BCUT2D eigenvalue weighted by molar-refractivity contribution is 0.632. The van der Waals surface area contributed by atoms with E-state index in [-0.39, 0.29) is 5.92 Å². The van der Waals surface area contributed by atoms with Crippen LogP contribution >= 0.6 is 0 Å². The molecule has 18 rings (SSSR count). The van der Waals surface area contributed by atoms with Crippen LogP contribution in [0.15, 0.2) is 346 Å². The van der Waals surface area contributed by atoms with Gasteiger partial charge in [0, 0.05) is 44.4 Å². The molecule has 0 fully saturated rings. The van der Waals surface area contributed by atoms with Gasteiger partial charge >= 0.3 is 0 Å². The fourth-order valence-electron chi connectivity index (χ4n) is 14.8. The predicted octanol–water partition coefficient (Wildman–Crippen LogP) is 23.5. The average molecular weight is 1300 g/mol. The first kappa shape index (κ1) is 60.4. The summed E-state index contributed by atoms with van der Waals surface area (Å²) < 4.78 is 2.22. The van der Waals surface area contributed by atoms with Gasteiger partial charge in [-0.15, -0.1) is 0 Å². The van der Waals surface area contributed by atoms with Crippen LogP contribution in [0.5, 0.6) is 0 Å². The molecule has 8 nitrogen and oxygen atoms in total. The minimum absolute atomic E-state index is 0.290. The van der Waals surface area contributed by atoms with Crippen molar-refractivity contribution in [2.45, 2.75) is 31.6 Å². The van der Waals surface area contributed by atoms with Crippen molar-refractivity contribution in [1.82, 2.24) is 34.5 Å². The van der Waals surface area contributed by atoms with E-state index in [0.29, 0.717) is 35.2 Å². The molecular weight excluding hydrogens is 1230 g/mol. The molecule has 0 radical (unpaired) electrons. The molecule has 1 atom stereocenters. The maximum absolute atomic E-state index is 5.58. The number of hydrogen-bond acceptors (Lipinski definition) is 7. The summed E-state index contributed by atoms with van der Waals surface area (Å²) in [4.78, 5) is 34.9. The molecule has 478 valence electrons. The molecule has 13 aromatic carbocycles. The van der Waals surface area contributed by atoms with Crippen molar-refractivity contribution in [3.05, 3.63) is 363 Å². The van der Waals surface area contributed by atoms with Crippen LogP contribution in [0.25, 0.3) is 140 Å². The Balaban J connectivity index is 0.826. The van der Waals surface area contributed by atoms with Crippen LogP contribution < -0.4 is 4.90 Å². The van der Waals surface area contributed by atoms with Gasteiger partial charge in [0.25, 0.3) is 0 Å². The highest BCUT2D eigenvalue weighted by Crippen LogP contribution is 2.55. The first-order valence-corrected chi connectivity index (χ1v) is 34.5. The molecule has 0 spiro atoms. The van der Waals surface area contributed by atoms with Crippen LogP contribution in [0.3, 0.4) is 0 Å². The smallest absolute Gasteiger partial charge is 0.238 e. The molecule has 1 aliphatic heterocycles. The van der Waals surface area contributed by atoms with E-state index >= 15 is 0 Å². The maximum atomic E-state index is 5.58. The Kier molecular flexibility index (Phi) is 15.2. The molecule has 2 aliphatic rings. The average Bonchev–Trinajstić information content (AvgIpc) is 1.69. The van der Waals surface area contributed by atoms with Crippen molar-refractivity contribution in [3.8, 4) is 118 Å². The highest BCUT2D eigenvalue weighted by atomic mass is 15.3. The first-order valence-electron chi connectivity index (χ1n) is 34.5. The lowest BCUT2D eigenvalue weighted by atomic mass is 9.72. The van der Waals surface area contributed by atoms with Gasteiger partial charge in [0.2, 0.25) is 11.9 Å². The second-order valence-corrected chi connectivity index (χ2v) is 26.7. The van der Waals surface area contributed by atoms with Gasteiger partial charge in [-0.05, 0) is 157 Å². The molecule has 1 unspecified atom stereocenters. The molecule has 0 saturated carbocycles. The fourth-order valence-corrected chi connectivity index (χ4v) is 14.8. The van der Waals surface area contributed by atoms with Gasteiger partial charge in [0.1, 0.15) is 0 Å². The number of aromatic nitrogens is 7. The van der Waals surface area contributed by atoms with Crippen molar-refractivity contribution in [1.29, 1.82) is 0 Å². The highest BCUT2D eigenvalue weighted by molar-refractivity contribution is 6.11. The second kappa shape index (κ2) is 25.4. The number of anilines is 3. The number of nitrogens with zero attached hydrogens (tertiary/aromatic N) is 8. The zero-order valence-electron chi connectivity index (χ0n) is 55.8. The number of allylic oxidation sites excluding steroid dienone is 4. The number of fused-ring (bicyclic) bond motifs is 5. The van der Waals surface area contributed by atoms with E-state index in [1.54, 1.807) is 0 Å². The third-order valence-electron chi connectivity index (χ3n) is 20.0. The lowest BCUT2D eigenvalue weighted by Crippen LogP contribution is -2.31. The fraction of sp³-hybridized carbons (Fsp3) is 0.0538. The Hall–Kier alpha value is -13.0. The van der Waals surface area contributed by atoms with Crippen molar-refractivity contribution < 1.29 is 0 Å². The molecule has 101 heavy (non-hydrogen) atoms. The molecule has 0 N–H and O–H groups in total. The Morgan fingerprint density at radius 2 is 0.683 bits per heavy atom. The Labute approximate surface area is 587 Å². The molecule has 1 aliphatic carbocycles. The molecule has 4 heterocycles. The van der Waals surface area contributed by atoms with Crippen LogP contribution in [0.2, 0.25) is 0 Å². The SMILES string of the molecule is CC1(C)c2cc(-c3cccc(-c4cc(-c5ccccc5)cc(C5C=CC=CC5)c4)c3)ccc2N(c2nc(-c3ccccc3)nc(-c3ccccc3)n2)c2cc3c(cc21)c1ccccc1n3-c1nc(-c2ccccc2)nc(-c2cccc(-c3cc(-c4ccccc4)cc(-c4ccccc4)c3)c2)n1. The number of rotatable bonds is 13. The largest absolute Gasteiger partial charge is 0.278 e. The van der Waals surface area contributed by atoms with Crippen LogP contribution in [0, 0.1) is 0 Å². The van der Waals surface area contributed by atoms with Crippen molar-refractivity contribution >= 4 is 39.1 Å². The summed E-state index contributed by atoms with van der Waals surface area (Å²) in [5.41, 5.74) is 23.9. The van der Waals surface area contributed by atoms with Crippen LogP contribution in [-0.2, 0) is 5.41 Å². The van der Waals surface area contributed by atoms with Crippen molar-refractivity contribution in [3.63, 3.8) is 0 Å². The topological polar surface area (TPSA) is 85.5 Å². The minimum atomic E-state index is -0.571. The first-order chi connectivity index (χ1) is 49.8. The van der Waals surface area contributed by atoms with Gasteiger partial charge in [-0.3, -0.25) is 9.47 Å². The summed E-state index contributed by atoms with van der Waals surface area (Å²) >= 11 is 0. The van der Waals surface area contributed by atoms with E-state index in [0.717, 1.165) is 123 Å². The van der Waals surface area contributed by atoms with E-state index in [1.165, 1.54) is 22.3 Å². The summed E-state index contributed by atoms with van der Waals surface area (Å²) in [6, 6.07) is 114. The third kappa shape index (κ3) is 11.4. The van der Waals surface area contributed by atoms with Crippen molar-refractivity contribution in [2.24, 2.45) is 0 Å². The Morgan fingerprint density at radius 3 is 1.21 bits per heavy atom. The van der Waals surface area contributed by atoms with E-state index in [1.807, 2.05) is 54.6 Å². The van der Waals surface area contributed by atoms with E-state index in [2.05, 4.69) is 315 Å². The summed E-state index contributed by atoms with van der Waals surface area (Å²) in [5.74, 6) is 3.51. The van der Waals surface area contributed by atoms with Crippen LogP contribution in [0.4, 0.5) is 17.3 Å². The van der Waals surface area contributed by atoms with E-state index in [9.17, 15) is 0 Å². The van der Waals surface area contributed by atoms with E-state index in [4.69, 9.17) is 29.9 Å². The van der Waals surface area contributed by atoms with E-state index < -0.39 is 5.41 Å². The standard InChI is InChI=1S/C93H66N8/c1-93(2)81-58-71(68-42-26-43-69(50-68)77-54-73(61-28-10-3-11-29-61)52-74(55-77)62-30-12-4-13-31-62)48-49-84(81)101(92-97-87(65-36-18-7-19-37-65)94-88(98-92)66-38-20-8-21-39-66)86-60-85-80(59-82(86)93)79-46-24-25-47-83(79)100(85)91-96-89(67-40-22-9-23-41-67)95-90(99-91)72-45-27-44-70(51-72)78-56-75(63-32-14-5-15-33-63)53-76(57-78)64-34-16-6-17-35-64/h3-30,32-60,62H,31H2,1-2H3. The van der Waals surface area contributed by atoms with Crippen molar-refractivity contribution in [2.75, 3.05) is 4.90 Å². The second-order valence-electron chi connectivity index (χ2n) is 26.7. The Bertz CT molecular complexity index is 5770. The third-order valence-corrected chi connectivity index (χ3v) is 20.0. The summed E-state index contributed by atoms with van der Waals surface area (Å²) in [5, 5.41) is 2.12. The van der Waals surface area contributed by atoms with Gasteiger partial charge in [-0.25, -0.2) is 9.97 Å². The quantitative estimate of drug-likeness (QED) is 0.114. The zero-order chi connectivity index (χ0) is 67.4. The molecular formula is C93H66N8. The predicted molar refractivity (Wildman–Crippen MR) is 414 cm³/mol. The lowest BCUT2D eigenvalue weighted by Gasteiger charge is -2.41. The molecule has 0 bridgehead atoms. The van der Waals surface area contributed by atoms with Crippen LogP contribution in [0.1, 0.15) is 42.9 Å². The van der Waals surface area contributed by atoms with Gasteiger partial charge in [-0.1, -0.05) is 293 Å². The summed E-state index contributed by atoms with van der Waals surface area (Å²) in [6.07, 6.45) is 9.89. The maximum Gasteiger partial charge on any atom is 0.238 e. The van der Waals surface area contributed by atoms with Gasteiger partial charge in [0.05, 0.1) is 22.4 Å². The zero-order valence-corrected chi connectivity index (χ0v) is 55.8. The monoisotopic (exact) mass is 1290 g/mol. The molecule has 0 amide bonds. The number of hydrogen-bond donors (Lipinski definition) is 0. The molecule has 16 aromatic rings. The summed E-state index contributed by atoms with van der Waals surface area (Å²) in [6.45, 7) is 4.71. The van der Waals surface area contributed by atoms with Crippen LogP contribution in [-0.4, -0.2) is 34.5 Å².